The van der Waals surface area contributed by atoms with Crippen LogP contribution in [0.3, 0.4) is 0 Å². The molecule has 0 aliphatic carbocycles. The van der Waals surface area contributed by atoms with Crippen molar-refractivity contribution in [2.75, 3.05) is 5.32 Å². The van der Waals surface area contributed by atoms with Gasteiger partial charge in [-0.15, -0.1) is 0 Å². The Hall–Kier alpha value is -2.95. The number of hydrogen-bond acceptors (Lipinski definition) is 4. The summed E-state index contributed by atoms with van der Waals surface area (Å²) in [5, 5.41) is 3.66. The van der Waals surface area contributed by atoms with Crippen molar-refractivity contribution in [1.29, 1.82) is 0 Å². The van der Waals surface area contributed by atoms with E-state index in [2.05, 4.69) is 10.3 Å². The maximum absolute atomic E-state index is 12.1. The van der Waals surface area contributed by atoms with Gasteiger partial charge in [-0.1, -0.05) is 6.07 Å². The average Bonchev–Trinajstić information content (AvgIpc) is 2.49. The number of carbonyl (C=O) groups is 1. The van der Waals surface area contributed by atoms with Crippen molar-refractivity contribution >= 4 is 22.6 Å². The van der Waals surface area contributed by atoms with E-state index in [0.29, 0.717) is 11.3 Å². The molecule has 2 heterocycles. The Bertz CT molecular complexity index is 927. The standard InChI is InChI=1S/C18H16N2O3/c1-11-7-18(22)23-16-9-14(5-6-15(11)16)20-17(21)8-13-4-3-12(2)19-10-13/h3-7,9-10H,8H2,1-2H3,(H,20,21). The lowest BCUT2D eigenvalue weighted by atomic mass is 10.1. The zero-order valence-electron chi connectivity index (χ0n) is 12.9. The number of benzene rings is 1. The summed E-state index contributed by atoms with van der Waals surface area (Å²) in [6, 6.07) is 10.5. The van der Waals surface area contributed by atoms with Gasteiger partial charge in [-0.2, -0.15) is 0 Å². The molecule has 116 valence electrons. The summed E-state index contributed by atoms with van der Waals surface area (Å²) in [5.74, 6) is -0.148. The first kappa shape index (κ1) is 15.0. The predicted molar refractivity (Wildman–Crippen MR) is 88.5 cm³/mol. The molecule has 2 aromatic heterocycles. The lowest BCUT2D eigenvalue weighted by Crippen LogP contribution is -2.14. The highest BCUT2D eigenvalue weighted by Crippen LogP contribution is 2.20. The van der Waals surface area contributed by atoms with Crippen LogP contribution in [0.5, 0.6) is 0 Å². The second-order valence-electron chi connectivity index (χ2n) is 5.49. The highest BCUT2D eigenvalue weighted by atomic mass is 16.4. The lowest BCUT2D eigenvalue weighted by molar-refractivity contribution is -0.115. The van der Waals surface area contributed by atoms with E-state index in [1.807, 2.05) is 32.0 Å². The molecule has 23 heavy (non-hydrogen) atoms. The molecule has 1 aromatic carbocycles. The quantitative estimate of drug-likeness (QED) is 0.755. The minimum absolute atomic E-state index is 0.148. The number of fused-ring (bicyclic) bond motifs is 1. The summed E-state index contributed by atoms with van der Waals surface area (Å²) in [6.45, 7) is 3.75. The molecular formula is C18H16N2O3. The van der Waals surface area contributed by atoms with Gasteiger partial charge in [0.2, 0.25) is 5.91 Å². The highest BCUT2D eigenvalue weighted by molar-refractivity contribution is 5.94. The Morgan fingerprint density at radius 3 is 2.74 bits per heavy atom. The van der Waals surface area contributed by atoms with Crippen LogP contribution >= 0.6 is 0 Å². The predicted octanol–water partition coefficient (Wildman–Crippen LogP) is 2.99. The summed E-state index contributed by atoms with van der Waals surface area (Å²) < 4.78 is 5.18. The fourth-order valence-corrected chi connectivity index (χ4v) is 2.40. The van der Waals surface area contributed by atoms with Crippen molar-refractivity contribution in [3.8, 4) is 0 Å². The largest absolute Gasteiger partial charge is 0.423 e. The molecule has 3 aromatic rings. The van der Waals surface area contributed by atoms with Gasteiger partial charge < -0.3 is 9.73 Å². The highest BCUT2D eigenvalue weighted by Gasteiger charge is 2.07. The molecule has 0 fully saturated rings. The van der Waals surface area contributed by atoms with Crippen LogP contribution in [0.4, 0.5) is 5.69 Å². The first-order valence-corrected chi connectivity index (χ1v) is 7.27. The third-order valence-electron chi connectivity index (χ3n) is 3.57. The fourth-order valence-electron chi connectivity index (χ4n) is 2.40. The summed E-state index contributed by atoms with van der Waals surface area (Å²) in [7, 11) is 0. The second kappa shape index (κ2) is 6.04. The Kier molecular flexibility index (Phi) is 3.93. The summed E-state index contributed by atoms with van der Waals surface area (Å²) in [6.07, 6.45) is 1.93. The molecular weight excluding hydrogens is 292 g/mol. The Balaban J connectivity index is 1.79. The minimum Gasteiger partial charge on any atom is -0.423 e. The number of hydrogen-bond donors (Lipinski definition) is 1. The third kappa shape index (κ3) is 3.45. The average molecular weight is 308 g/mol. The zero-order chi connectivity index (χ0) is 16.4. The maximum Gasteiger partial charge on any atom is 0.336 e. The summed E-state index contributed by atoms with van der Waals surface area (Å²) in [4.78, 5) is 27.7. The number of carbonyl (C=O) groups excluding carboxylic acids is 1. The first-order chi connectivity index (χ1) is 11.0. The Morgan fingerprint density at radius 1 is 1.17 bits per heavy atom. The van der Waals surface area contributed by atoms with Crippen LogP contribution in [-0.2, 0) is 11.2 Å². The van der Waals surface area contributed by atoms with Crippen LogP contribution in [0.25, 0.3) is 11.0 Å². The molecule has 5 heteroatoms. The number of nitrogens with zero attached hydrogens (tertiary/aromatic N) is 1. The molecule has 1 N–H and O–H groups in total. The lowest BCUT2D eigenvalue weighted by Gasteiger charge is -2.07. The van der Waals surface area contributed by atoms with Gasteiger partial charge in [0, 0.05) is 35.1 Å². The van der Waals surface area contributed by atoms with Gasteiger partial charge in [0.05, 0.1) is 6.42 Å². The zero-order valence-corrected chi connectivity index (χ0v) is 12.9. The van der Waals surface area contributed by atoms with Gasteiger partial charge in [0.15, 0.2) is 0 Å². The molecule has 5 nitrogen and oxygen atoms in total. The molecule has 0 atom stereocenters. The molecule has 0 aliphatic heterocycles. The molecule has 0 saturated carbocycles. The topological polar surface area (TPSA) is 72.2 Å². The van der Waals surface area contributed by atoms with Crippen molar-refractivity contribution < 1.29 is 9.21 Å². The molecule has 0 aliphatic rings. The van der Waals surface area contributed by atoms with Crippen molar-refractivity contribution in [3.05, 3.63) is 69.8 Å². The monoisotopic (exact) mass is 308 g/mol. The number of anilines is 1. The van der Waals surface area contributed by atoms with Crippen LogP contribution in [0.2, 0.25) is 0 Å². The van der Waals surface area contributed by atoms with Gasteiger partial charge in [0.1, 0.15) is 5.58 Å². The first-order valence-electron chi connectivity index (χ1n) is 7.27. The minimum atomic E-state index is -0.399. The van der Waals surface area contributed by atoms with E-state index >= 15 is 0 Å². The molecule has 0 radical (unpaired) electrons. The molecule has 0 unspecified atom stereocenters. The smallest absolute Gasteiger partial charge is 0.336 e. The number of nitrogens with one attached hydrogen (secondary N) is 1. The third-order valence-corrected chi connectivity index (χ3v) is 3.57. The van der Waals surface area contributed by atoms with Crippen molar-refractivity contribution in [3.63, 3.8) is 0 Å². The molecule has 0 spiro atoms. The SMILES string of the molecule is Cc1ccc(CC(=O)Nc2ccc3c(C)cc(=O)oc3c2)cn1. The second-order valence-corrected chi connectivity index (χ2v) is 5.49. The van der Waals surface area contributed by atoms with E-state index in [-0.39, 0.29) is 12.3 Å². The van der Waals surface area contributed by atoms with E-state index in [0.717, 1.165) is 22.2 Å². The molecule has 0 bridgehead atoms. The van der Waals surface area contributed by atoms with Gasteiger partial charge in [-0.05, 0) is 43.2 Å². The van der Waals surface area contributed by atoms with E-state index < -0.39 is 5.63 Å². The number of pyridine rings is 1. The fraction of sp³-hybridized carbons (Fsp3) is 0.167. The van der Waals surface area contributed by atoms with Gasteiger partial charge in [-0.3, -0.25) is 9.78 Å². The Labute approximate surface area is 133 Å². The Morgan fingerprint density at radius 2 is 2.00 bits per heavy atom. The van der Waals surface area contributed by atoms with Crippen LogP contribution in [0, 0.1) is 13.8 Å². The van der Waals surface area contributed by atoms with Crippen molar-refractivity contribution in [2.24, 2.45) is 0 Å². The van der Waals surface area contributed by atoms with E-state index in [1.165, 1.54) is 6.07 Å². The van der Waals surface area contributed by atoms with Crippen LogP contribution in [0.1, 0.15) is 16.8 Å². The number of aromatic nitrogens is 1. The normalized spacial score (nSPS) is 10.7. The maximum atomic E-state index is 12.1. The summed E-state index contributed by atoms with van der Waals surface area (Å²) in [5.41, 5.74) is 3.26. The molecule has 0 saturated heterocycles. The van der Waals surface area contributed by atoms with Crippen LogP contribution in [0.15, 0.2) is 51.8 Å². The van der Waals surface area contributed by atoms with Crippen molar-refractivity contribution in [1.82, 2.24) is 4.98 Å². The summed E-state index contributed by atoms with van der Waals surface area (Å²) >= 11 is 0. The van der Waals surface area contributed by atoms with Crippen LogP contribution in [-0.4, -0.2) is 10.9 Å². The van der Waals surface area contributed by atoms with Gasteiger partial charge in [0.25, 0.3) is 0 Å². The van der Waals surface area contributed by atoms with E-state index in [9.17, 15) is 9.59 Å². The number of rotatable bonds is 3. The van der Waals surface area contributed by atoms with Crippen molar-refractivity contribution in [2.45, 2.75) is 20.3 Å². The van der Waals surface area contributed by atoms with E-state index in [4.69, 9.17) is 4.42 Å². The molecule has 1 amide bonds. The number of amides is 1. The number of aryl methyl sites for hydroxylation is 2. The van der Waals surface area contributed by atoms with Gasteiger partial charge in [-0.25, -0.2) is 4.79 Å². The van der Waals surface area contributed by atoms with Gasteiger partial charge >= 0.3 is 5.63 Å². The molecule has 3 rings (SSSR count). The van der Waals surface area contributed by atoms with Crippen LogP contribution < -0.4 is 10.9 Å². The van der Waals surface area contributed by atoms with E-state index in [1.54, 1.807) is 18.3 Å².